The van der Waals surface area contributed by atoms with Crippen molar-refractivity contribution in [2.24, 2.45) is 0 Å². The van der Waals surface area contributed by atoms with Crippen LogP contribution in [0.2, 0.25) is 5.02 Å². The average molecular weight is 426 g/mol. The van der Waals surface area contributed by atoms with Crippen LogP contribution in [-0.4, -0.2) is 32.7 Å². The maximum atomic E-state index is 13.2. The second-order valence-electron chi connectivity index (χ2n) is 7.34. The van der Waals surface area contributed by atoms with Gasteiger partial charge >= 0.3 is 6.03 Å². The Morgan fingerprint density at radius 2 is 1.77 bits per heavy atom. The van der Waals surface area contributed by atoms with Gasteiger partial charge in [-0.3, -0.25) is 0 Å². The number of benzene rings is 2. The highest BCUT2D eigenvalue weighted by Gasteiger charge is 2.24. The lowest BCUT2D eigenvalue weighted by atomic mass is 10.0. The van der Waals surface area contributed by atoms with Crippen LogP contribution in [0.4, 0.5) is 27.9 Å². The van der Waals surface area contributed by atoms with Crippen LogP contribution in [0.25, 0.3) is 0 Å². The fourth-order valence-corrected chi connectivity index (χ4v) is 2.76. The summed E-state index contributed by atoms with van der Waals surface area (Å²) in [7, 11) is 0. The highest BCUT2D eigenvalue weighted by molar-refractivity contribution is 6.33. The molecule has 0 aliphatic carbocycles. The molecule has 1 unspecified atom stereocenters. The van der Waals surface area contributed by atoms with E-state index in [1.807, 2.05) is 25.1 Å². The molecule has 3 N–H and O–H groups in total. The van der Waals surface area contributed by atoms with Crippen molar-refractivity contribution in [3.05, 3.63) is 71.9 Å². The van der Waals surface area contributed by atoms with E-state index in [0.717, 1.165) is 0 Å². The van der Waals surface area contributed by atoms with Gasteiger partial charge < -0.3 is 15.7 Å². The summed E-state index contributed by atoms with van der Waals surface area (Å²) in [5.74, 6) is 0.666. The third kappa shape index (κ3) is 5.25. The number of aromatic nitrogens is 2. The second-order valence-corrected chi connectivity index (χ2v) is 7.75. The molecular formula is C22H24ClN5O2. The molecule has 8 heteroatoms. The number of carbonyl (C=O) groups is 1. The van der Waals surface area contributed by atoms with Crippen molar-refractivity contribution in [1.82, 2.24) is 9.97 Å². The van der Waals surface area contributed by atoms with Crippen LogP contribution in [0.1, 0.15) is 20.8 Å². The summed E-state index contributed by atoms with van der Waals surface area (Å²) in [6.45, 7) is 5.22. The molecular weight excluding hydrogens is 402 g/mol. The fourth-order valence-electron chi connectivity index (χ4n) is 2.58. The molecule has 0 saturated heterocycles. The summed E-state index contributed by atoms with van der Waals surface area (Å²) < 4.78 is 0. The molecule has 1 heterocycles. The highest BCUT2D eigenvalue weighted by atomic mass is 35.5. The van der Waals surface area contributed by atoms with Gasteiger partial charge in [-0.05, 0) is 45.0 Å². The van der Waals surface area contributed by atoms with Crippen molar-refractivity contribution in [3.63, 3.8) is 0 Å². The molecule has 30 heavy (non-hydrogen) atoms. The van der Waals surface area contributed by atoms with Crippen LogP contribution in [0, 0.1) is 0 Å². The number of urea groups is 1. The van der Waals surface area contributed by atoms with Crippen molar-refractivity contribution in [3.8, 4) is 0 Å². The molecule has 0 spiro atoms. The number of amides is 2. The summed E-state index contributed by atoms with van der Waals surface area (Å²) in [5.41, 5.74) is 0.148. The van der Waals surface area contributed by atoms with E-state index in [1.165, 1.54) is 4.90 Å². The number of rotatable bonds is 6. The van der Waals surface area contributed by atoms with E-state index in [4.69, 9.17) is 11.6 Å². The van der Waals surface area contributed by atoms with E-state index in [1.54, 1.807) is 62.5 Å². The predicted molar refractivity (Wildman–Crippen MR) is 120 cm³/mol. The molecule has 2 amide bonds. The highest BCUT2D eigenvalue weighted by Crippen LogP contribution is 2.27. The van der Waals surface area contributed by atoms with Gasteiger partial charge in [0.2, 0.25) is 5.95 Å². The van der Waals surface area contributed by atoms with Gasteiger partial charge in [-0.2, -0.15) is 4.98 Å². The van der Waals surface area contributed by atoms with Crippen LogP contribution >= 0.6 is 11.6 Å². The second kappa shape index (κ2) is 9.11. The molecule has 0 fully saturated rings. The lowest BCUT2D eigenvalue weighted by Crippen LogP contribution is -2.40. The van der Waals surface area contributed by atoms with Gasteiger partial charge in [0.1, 0.15) is 5.82 Å². The van der Waals surface area contributed by atoms with Crippen LogP contribution in [0.5, 0.6) is 0 Å². The number of hydrogen-bond acceptors (Lipinski definition) is 5. The zero-order valence-corrected chi connectivity index (χ0v) is 17.8. The van der Waals surface area contributed by atoms with Gasteiger partial charge in [0.15, 0.2) is 0 Å². The first-order valence-corrected chi connectivity index (χ1v) is 9.86. The largest absolute Gasteiger partial charge is 0.388 e. The number of aliphatic hydroxyl groups is 1. The monoisotopic (exact) mass is 425 g/mol. The summed E-state index contributed by atoms with van der Waals surface area (Å²) in [5, 5.41) is 16.5. The van der Waals surface area contributed by atoms with Gasteiger partial charge in [-0.1, -0.05) is 41.9 Å². The third-order valence-corrected chi connectivity index (χ3v) is 4.94. The quantitative estimate of drug-likeness (QED) is 0.512. The molecule has 3 rings (SSSR count). The topological polar surface area (TPSA) is 90.4 Å². The zero-order chi connectivity index (χ0) is 21.7. The molecule has 3 aromatic rings. The zero-order valence-electron chi connectivity index (χ0n) is 17.0. The lowest BCUT2D eigenvalue weighted by molar-refractivity contribution is 0.0646. The molecule has 1 atom stereocenters. The smallest absolute Gasteiger partial charge is 0.332 e. The molecule has 0 radical (unpaired) electrons. The van der Waals surface area contributed by atoms with Gasteiger partial charge in [0.25, 0.3) is 0 Å². The van der Waals surface area contributed by atoms with Crippen molar-refractivity contribution in [2.75, 3.05) is 15.5 Å². The number of para-hydroxylation sites is 2. The van der Waals surface area contributed by atoms with Crippen molar-refractivity contribution in [2.45, 2.75) is 32.4 Å². The molecule has 0 aliphatic rings. The van der Waals surface area contributed by atoms with E-state index in [0.29, 0.717) is 28.2 Å². The number of hydrogen-bond donors (Lipinski definition) is 3. The van der Waals surface area contributed by atoms with E-state index < -0.39 is 11.6 Å². The Morgan fingerprint density at radius 3 is 2.43 bits per heavy atom. The molecule has 156 valence electrons. The Balaban J connectivity index is 1.95. The average Bonchev–Trinajstić information content (AvgIpc) is 2.70. The SMILES string of the molecule is CC(Nc1nccc(N(C(=O)Nc2ccccc2Cl)c2ccccc2)n1)C(C)(C)O. The van der Waals surface area contributed by atoms with Gasteiger partial charge in [0, 0.05) is 12.3 Å². The van der Waals surface area contributed by atoms with E-state index in [9.17, 15) is 9.90 Å². The summed E-state index contributed by atoms with van der Waals surface area (Å²) in [6, 6.07) is 17.1. The minimum atomic E-state index is -0.972. The van der Waals surface area contributed by atoms with E-state index >= 15 is 0 Å². The minimum Gasteiger partial charge on any atom is -0.388 e. The van der Waals surface area contributed by atoms with Crippen LogP contribution < -0.4 is 15.5 Å². The van der Waals surface area contributed by atoms with Gasteiger partial charge in [-0.25, -0.2) is 14.7 Å². The molecule has 1 aromatic heterocycles. The van der Waals surface area contributed by atoms with Crippen LogP contribution in [0.15, 0.2) is 66.9 Å². The normalized spacial score (nSPS) is 12.2. The molecule has 0 aliphatic heterocycles. The molecule has 2 aromatic carbocycles. The summed E-state index contributed by atoms with van der Waals surface area (Å²) >= 11 is 6.20. The van der Waals surface area contributed by atoms with Crippen LogP contribution in [0.3, 0.4) is 0 Å². The Hall–Kier alpha value is -3.16. The van der Waals surface area contributed by atoms with E-state index in [-0.39, 0.29) is 6.04 Å². The first-order valence-electron chi connectivity index (χ1n) is 9.48. The third-order valence-electron chi connectivity index (χ3n) is 4.61. The van der Waals surface area contributed by atoms with Crippen LogP contribution in [-0.2, 0) is 0 Å². The number of nitrogens with zero attached hydrogens (tertiary/aromatic N) is 3. The Morgan fingerprint density at radius 1 is 1.10 bits per heavy atom. The van der Waals surface area contributed by atoms with Gasteiger partial charge in [0.05, 0.1) is 28.0 Å². The summed E-state index contributed by atoms with van der Waals surface area (Å²) in [6.07, 6.45) is 1.56. The number of anilines is 4. The molecule has 0 bridgehead atoms. The molecule has 0 saturated carbocycles. The number of nitrogens with one attached hydrogen (secondary N) is 2. The maximum Gasteiger partial charge on any atom is 0.332 e. The first kappa shape index (κ1) is 21.5. The number of halogens is 1. The van der Waals surface area contributed by atoms with E-state index in [2.05, 4.69) is 20.6 Å². The standard InChI is InChI=1S/C22H24ClN5O2/c1-15(22(2,3)30)25-20-24-14-13-19(27-20)28(16-9-5-4-6-10-16)21(29)26-18-12-8-7-11-17(18)23/h4-15,30H,1-3H3,(H,26,29)(H,24,25,27). The predicted octanol–water partition coefficient (Wildman–Crippen LogP) is 5.07. The minimum absolute atomic E-state index is 0.300. The van der Waals surface area contributed by atoms with Crippen molar-refractivity contribution in [1.29, 1.82) is 0 Å². The number of carbonyl (C=O) groups excluding carboxylic acids is 1. The van der Waals surface area contributed by atoms with Crippen molar-refractivity contribution >= 4 is 40.8 Å². The lowest BCUT2D eigenvalue weighted by Gasteiger charge is -2.27. The fraction of sp³-hybridized carbons (Fsp3) is 0.227. The Labute approximate surface area is 180 Å². The first-order chi connectivity index (χ1) is 14.3. The maximum absolute atomic E-state index is 13.2. The van der Waals surface area contributed by atoms with Crippen molar-refractivity contribution < 1.29 is 9.90 Å². The Bertz CT molecular complexity index is 1010. The summed E-state index contributed by atoms with van der Waals surface area (Å²) in [4.78, 5) is 23.3. The Kier molecular flexibility index (Phi) is 6.54. The molecule has 7 nitrogen and oxygen atoms in total. The van der Waals surface area contributed by atoms with Gasteiger partial charge in [-0.15, -0.1) is 0 Å².